The lowest BCUT2D eigenvalue weighted by Gasteiger charge is -2.38. The second kappa shape index (κ2) is 3.88. The highest BCUT2D eigenvalue weighted by molar-refractivity contribution is 4.97. The first-order chi connectivity index (χ1) is 5.73. The van der Waals surface area contributed by atoms with E-state index < -0.39 is 5.60 Å². The molecule has 3 heteroatoms. The molecule has 0 aliphatic carbocycles. The van der Waals surface area contributed by atoms with Crippen LogP contribution in [0.1, 0.15) is 26.2 Å². The number of hydrogen-bond donors (Lipinski definition) is 2. The number of nitrogens with zero attached hydrogens (tertiary/aromatic N) is 1. The van der Waals surface area contributed by atoms with Crippen molar-refractivity contribution in [2.24, 2.45) is 5.92 Å². The fourth-order valence-corrected chi connectivity index (χ4v) is 1.87. The van der Waals surface area contributed by atoms with Crippen molar-refractivity contribution in [1.82, 2.24) is 5.32 Å². The van der Waals surface area contributed by atoms with Gasteiger partial charge in [0, 0.05) is 12.5 Å². The molecule has 0 amide bonds. The molecule has 1 fully saturated rings. The van der Waals surface area contributed by atoms with E-state index in [1.807, 2.05) is 0 Å². The van der Waals surface area contributed by atoms with Crippen LogP contribution in [-0.2, 0) is 0 Å². The summed E-state index contributed by atoms with van der Waals surface area (Å²) in [5.41, 5.74) is -0.727. The average Bonchev–Trinajstić information content (AvgIpc) is 2.05. The summed E-state index contributed by atoms with van der Waals surface area (Å²) in [6.45, 7) is 3.73. The SMILES string of the molecule is CCC1CNCCC1(O)CC#N. The molecule has 12 heavy (non-hydrogen) atoms. The Balaban J connectivity index is 2.63. The Kier molecular flexibility index (Phi) is 3.07. The van der Waals surface area contributed by atoms with Gasteiger partial charge in [0.1, 0.15) is 0 Å². The van der Waals surface area contributed by atoms with E-state index in [1.54, 1.807) is 0 Å². The molecule has 0 spiro atoms. The fraction of sp³-hybridized carbons (Fsp3) is 0.889. The first-order valence-electron chi connectivity index (χ1n) is 4.53. The minimum atomic E-state index is -0.727. The van der Waals surface area contributed by atoms with Crippen LogP contribution in [0.15, 0.2) is 0 Å². The Labute approximate surface area is 73.4 Å². The first kappa shape index (κ1) is 9.50. The molecule has 0 saturated carbocycles. The molecule has 2 atom stereocenters. The average molecular weight is 168 g/mol. The van der Waals surface area contributed by atoms with Crippen LogP contribution in [0.25, 0.3) is 0 Å². The summed E-state index contributed by atoms with van der Waals surface area (Å²) in [4.78, 5) is 0. The number of rotatable bonds is 2. The molecule has 0 bridgehead atoms. The second-order valence-corrected chi connectivity index (χ2v) is 3.50. The van der Waals surface area contributed by atoms with Gasteiger partial charge in [-0.2, -0.15) is 5.26 Å². The quantitative estimate of drug-likeness (QED) is 0.636. The van der Waals surface area contributed by atoms with Gasteiger partial charge in [0.05, 0.1) is 18.1 Å². The number of nitriles is 1. The Morgan fingerprint density at radius 2 is 2.50 bits per heavy atom. The molecule has 0 aromatic heterocycles. The Bertz CT molecular complexity index is 187. The van der Waals surface area contributed by atoms with Crippen LogP contribution >= 0.6 is 0 Å². The van der Waals surface area contributed by atoms with Crippen molar-refractivity contribution in [3.8, 4) is 6.07 Å². The third-order valence-corrected chi connectivity index (χ3v) is 2.76. The molecular weight excluding hydrogens is 152 g/mol. The lowest BCUT2D eigenvalue weighted by molar-refractivity contribution is -0.0377. The van der Waals surface area contributed by atoms with Gasteiger partial charge < -0.3 is 10.4 Å². The van der Waals surface area contributed by atoms with Crippen LogP contribution in [0.4, 0.5) is 0 Å². The maximum Gasteiger partial charge on any atom is 0.0829 e. The van der Waals surface area contributed by atoms with E-state index in [9.17, 15) is 5.11 Å². The molecule has 2 unspecified atom stereocenters. The Morgan fingerprint density at radius 1 is 1.75 bits per heavy atom. The van der Waals surface area contributed by atoms with Crippen LogP contribution < -0.4 is 5.32 Å². The first-order valence-corrected chi connectivity index (χ1v) is 4.53. The topological polar surface area (TPSA) is 56.0 Å². The van der Waals surface area contributed by atoms with Gasteiger partial charge in [0.25, 0.3) is 0 Å². The van der Waals surface area contributed by atoms with Crippen LogP contribution in [0, 0.1) is 17.2 Å². The van der Waals surface area contributed by atoms with Crippen LogP contribution in [0.3, 0.4) is 0 Å². The molecule has 1 aliphatic heterocycles. The summed E-state index contributed by atoms with van der Waals surface area (Å²) in [7, 11) is 0. The molecule has 1 rings (SSSR count). The van der Waals surface area contributed by atoms with Crippen molar-refractivity contribution in [2.75, 3.05) is 13.1 Å². The molecular formula is C9H16N2O. The molecule has 1 saturated heterocycles. The van der Waals surface area contributed by atoms with Crippen LogP contribution in [0.5, 0.6) is 0 Å². The van der Waals surface area contributed by atoms with Gasteiger partial charge in [-0.25, -0.2) is 0 Å². The Morgan fingerprint density at radius 3 is 3.08 bits per heavy atom. The number of hydrogen-bond acceptors (Lipinski definition) is 3. The van der Waals surface area contributed by atoms with Crippen molar-refractivity contribution < 1.29 is 5.11 Å². The summed E-state index contributed by atoms with van der Waals surface area (Å²) < 4.78 is 0. The summed E-state index contributed by atoms with van der Waals surface area (Å²) in [6.07, 6.45) is 1.91. The highest BCUT2D eigenvalue weighted by atomic mass is 16.3. The van der Waals surface area contributed by atoms with Crippen LogP contribution in [-0.4, -0.2) is 23.8 Å². The van der Waals surface area contributed by atoms with E-state index >= 15 is 0 Å². The van der Waals surface area contributed by atoms with Gasteiger partial charge in [-0.3, -0.25) is 0 Å². The van der Waals surface area contributed by atoms with Crippen molar-refractivity contribution in [3.05, 3.63) is 0 Å². The van der Waals surface area contributed by atoms with E-state index in [0.29, 0.717) is 6.42 Å². The van der Waals surface area contributed by atoms with E-state index in [1.165, 1.54) is 0 Å². The van der Waals surface area contributed by atoms with Gasteiger partial charge in [-0.05, 0) is 19.4 Å². The molecule has 1 heterocycles. The molecule has 68 valence electrons. The monoisotopic (exact) mass is 168 g/mol. The summed E-state index contributed by atoms with van der Waals surface area (Å²) in [5, 5.41) is 21.9. The van der Waals surface area contributed by atoms with Gasteiger partial charge in [-0.1, -0.05) is 6.92 Å². The minimum absolute atomic E-state index is 0.242. The number of aliphatic hydroxyl groups is 1. The third-order valence-electron chi connectivity index (χ3n) is 2.76. The van der Waals surface area contributed by atoms with Gasteiger partial charge >= 0.3 is 0 Å². The maximum absolute atomic E-state index is 10.1. The second-order valence-electron chi connectivity index (χ2n) is 3.50. The molecule has 3 nitrogen and oxygen atoms in total. The summed E-state index contributed by atoms with van der Waals surface area (Å²) >= 11 is 0. The standard InChI is InChI=1S/C9H16N2O/c1-2-8-7-11-6-4-9(8,12)3-5-10/h8,11-12H,2-4,6-7H2,1H3. The van der Waals surface area contributed by atoms with Gasteiger partial charge in [-0.15, -0.1) is 0 Å². The lowest BCUT2D eigenvalue weighted by Crippen LogP contribution is -2.49. The highest BCUT2D eigenvalue weighted by Crippen LogP contribution is 2.29. The normalized spacial score (nSPS) is 35.9. The van der Waals surface area contributed by atoms with Crippen molar-refractivity contribution >= 4 is 0 Å². The summed E-state index contributed by atoms with van der Waals surface area (Å²) in [6, 6.07) is 2.06. The molecule has 0 radical (unpaired) electrons. The Hall–Kier alpha value is -0.590. The summed E-state index contributed by atoms with van der Waals surface area (Å²) in [5.74, 6) is 0.242. The zero-order chi connectivity index (χ0) is 9.03. The molecule has 0 aromatic rings. The molecule has 2 N–H and O–H groups in total. The third kappa shape index (κ3) is 1.77. The van der Waals surface area contributed by atoms with E-state index in [-0.39, 0.29) is 12.3 Å². The largest absolute Gasteiger partial charge is 0.388 e. The van der Waals surface area contributed by atoms with E-state index in [0.717, 1.165) is 19.5 Å². The lowest BCUT2D eigenvalue weighted by atomic mass is 9.78. The van der Waals surface area contributed by atoms with Crippen molar-refractivity contribution in [1.29, 1.82) is 5.26 Å². The maximum atomic E-state index is 10.1. The van der Waals surface area contributed by atoms with E-state index in [4.69, 9.17) is 5.26 Å². The molecule has 0 aromatic carbocycles. The predicted molar refractivity (Wildman–Crippen MR) is 46.4 cm³/mol. The fourth-order valence-electron chi connectivity index (χ4n) is 1.87. The predicted octanol–water partition coefficient (Wildman–Crippen LogP) is 0.651. The highest BCUT2D eigenvalue weighted by Gasteiger charge is 2.37. The van der Waals surface area contributed by atoms with Crippen molar-refractivity contribution in [2.45, 2.75) is 31.8 Å². The number of nitrogens with one attached hydrogen (secondary N) is 1. The van der Waals surface area contributed by atoms with Crippen LogP contribution in [0.2, 0.25) is 0 Å². The number of piperidine rings is 1. The smallest absolute Gasteiger partial charge is 0.0829 e. The van der Waals surface area contributed by atoms with Gasteiger partial charge in [0.2, 0.25) is 0 Å². The van der Waals surface area contributed by atoms with E-state index in [2.05, 4.69) is 18.3 Å². The minimum Gasteiger partial charge on any atom is -0.388 e. The molecule has 1 aliphatic rings. The van der Waals surface area contributed by atoms with Crippen molar-refractivity contribution in [3.63, 3.8) is 0 Å². The van der Waals surface area contributed by atoms with Gasteiger partial charge in [0.15, 0.2) is 0 Å². The zero-order valence-corrected chi connectivity index (χ0v) is 7.51. The zero-order valence-electron chi connectivity index (χ0n) is 7.51.